The summed E-state index contributed by atoms with van der Waals surface area (Å²) in [6.07, 6.45) is 8.42. The average molecular weight is 275 g/mol. The lowest BCUT2D eigenvalue weighted by Crippen LogP contribution is -2.29. The van der Waals surface area contributed by atoms with Gasteiger partial charge in [0.2, 0.25) is 0 Å². The molecule has 0 spiro atoms. The summed E-state index contributed by atoms with van der Waals surface area (Å²) < 4.78 is 5.41. The second kappa shape index (κ2) is 6.64. The number of hydrogen-bond acceptors (Lipinski definition) is 4. The zero-order chi connectivity index (χ0) is 13.8. The Morgan fingerprint density at radius 2 is 2.25 bits per heavy atom. The van der Waals surface area contributed by atoms with Crippen LogP contribution < -0.4 is 5.32 Å². The molecule has 3 rings (SSSR count). The second-order valence-corrected chi connectivity index (χ2v) is 6.21. The standard InChI is InChI=1S/C16H25N3O/c1-12-4-2-3-5-13(12)8-17-10-16-18-9-14-11-20-7-6-15(14)19-16/h9,12-13,17H,2-8,10-11H2,1H3. The normalized spacial score (nSPS) is 26.2. The van der Waals surface area contributed by atoms with Crippen molar-refractivity contribution in [3.63, 3.8) is 0 Å². The molecule has 2 unspecified atom stereocenters. The van der Waals surface area contributed by atoms with Crippen molar-refractivity contribution in [1.82, 2.24) is 15.3 Å². The molecule has 0 aromatic carbocycles. The topological polar surface area (TPSA) is 47.0 Å². The van der Waals surface area contributed by atoms with E-state index in [1.165, 1.54) is 31.4 Å². The maximum absolute atomic E-state index is 5.41. The minimum absolute atomic E-state index is 0.669. The summed E-state index contributed by atoms with van der Waals surface area (Å²) in [7, 11) is 0. The van der Waals surface area contributed by atoms with Crippen molar-refractivity contribution in [3.8, 4) is 0 Å². The van der Waals surface area contributed by atoms with E-state index in [2.05, 4.69) is 22.2 Å². The van der Waals surface area contributed by atoms with Crippen molar-refractivity contribution in [2.45, 2.75) is 52.2 Å². The van der Waals surface area contributed by atoms with Gasteiger partial charge in [-0.1, -0.05) is 26.2 Å². The van der Waals surface area contributed by atoms with E-state index >= 15 is 0 Å². The summed E-state index contributed by atoms with van der Waals surface area (Å²) in [4.78, 5) is 9.10. The Morgan fingerprint density at radius 3 is 3.15 bits per heavy atom. The molecule has 1 aliphatic carbocycles. The van der Waals surface area contributed by atoms with Gasteiger partial charge in [-0.05, 0) is 24.8 Å². The zero-order valence-electron chi connectivity index (χ0n) is 12.4. The average Bonchev–Trinajstić information content (AvgIpc) is 2.49. The fourth-order valence-electron chi connectivity index (χ4n) is 3.32. The van der Waals surface area contributed by atoms with Crippen molar-refractivity contribution >= 4 is 0 Å². The maximum Gasteiger partial charge on any atom is 0.142 e. The highest BCUT2D eigenvalue weighted by molar-refractivity contribution is 5.18. The summed E-state index contributed by atoms with van der Waals surface area (Å²) in [6.45, 7) is 5.74. The van der Waals surface area contributed by atoms with Gasteiger partial charge >= 0.3 is 0 Å². The molecule has 2 atom stereocenters. The van der Waals surface area contributed by atoms with E-state index in [0.29, 0.717) is 6.61 Å². The highest BCUT2D eigenvalue weighted by Crippen LogP contribution is 2.28. The first kappa shape index (κ1) is 14.0. The number of nitrogens with zero attached hydrogens (tertiary/aromatic N) is 2. The van der Waals surface area contributed by atoms with E-state index in [9.17, 15) is 0 Å². The van der Waals surface area contributed by atoms with Crippen LogP contribution in [0, 0.1) is 11.8 Å². The first-order chi connectivity index (χ1) is 9.83. The molecule has 20 heavy (non-hydrogen) atoms. The highest BCUT2D eigenvalue weighted by atomic mass is 16.5. The first-order valence-electron chi connectivity index (χ1n) is 7.95. The molecule has 1 saturated carbocycles. The molecule has 1 aliphatic heterocycles. The number of hydrogen-bond donors (Lipinski definition) is 1. The first-order valence-corrected chi connectivity index (χ1v) is 7.95. The largest absolute Gasteiger partial charge is 0.376 e. The number of fused-ring (bicyclic) bond motifs is 1. The van der Waals surface area contributed by atoms with E-state index in [1.54, 1.807) is 0 Å². The lowest BCUT2D eigenvalue weighted by molar-refractivity contribution is 0.108. The van der Waals surface area contributed by atoms with Crippen molar-refractivity contribution in [2.24, 2.45) is 11.8 Å². The number of nitrogens with one attached hydrogen (secondary N) is 1. The van der Waals surface area contributed by atoms with Gasteiger partial charge in [0.15, 0.2) is 0 Å². The van der Waals surface area contributed by atoms with E-state index in [0.717, 1.165) is 49.3 Å². The minimum atomic E-state index is 0.669. The van der Waals surface area contributed by atoms with Gasteiger partial charge in [-0.3, -0.25) is 0 Å². The smallest absolute Gasteiger partial charge is 0.142 e. The van der Waals surface area contributed by atoms with E-state index < -0.39 is 0 Å². The molecule has 4 heteroatoms. The molecular weight excluding hydrogens is 250 g/mol. The van der Waals surface area contributed by atoms with Crippen molar-refractivity contribution in [2.75, 3.05) is 13.2 Å². The molecule has 0 amide bonds. The van der Waals surface area contributed by atoms with Crippen molar-refractivity contribution in [1.29, 1.82) is 0 Å². The molecular formula is C16H25N3O. The molecule has 4 nitrogen and oxygen atoms in total. The van der Waals surface area contributed by atoms with Crippen LogP contribution in [0.15, 0.2) is 6.20 Å². The molecule has 0 saturated heterocycles. The molecule has 2 aliphatic rings. The summed E-state index contributed by atoms with van der Waals surface area (Å²) >= 11 is 0. The fraction of sp³-hybridized carbons (Fsp3) is 0.750. The van der Waals surface area contributed by atoms with Crippen LogP contribution in [0.3, 0.4) is 0 Å². The van der Waals surface area contributed by atoms with Crippen LogP contribution in [0.1, 0.15) is 49.7 Å². The zero-order valence-corrected chi connectivity index (χ0v) is 12.4. The lowest BCUT2D eigenvalue weighted by Gasteiger charge is -2.28. The Kier molecular flexibility index (Phi) is 4.63. The summed E-state index contributed by atoms with van der Waals surface area (Å²) in [5.74, 6) is 2.61. The third kappa shape index (κ3) is 3.36. The van der Waals surface area contributed by atoms with Crippen molar-refractivity contribution < 1.29 is 4.74 Å². The minimum Gasteiger partial charge on any atom is -0.376 e. The molecule has 1 aromatic rings. The quantitative estimate of drug-likeness (QED) is 0.917. The van der Waals surface area contributed by atoms with E-state index in [4.69, 9.17) is 4.74 Å². The molecule has 1 aromatic heterocycles. The molecule has 1 N–H and O–H groups in total. The monoisotopic (exact) mass is 275 g/mol. The molecule has 0 bridgehead atoms. The van der Waals surface area contributed by atoms with Gasteiger partial charge in [0.25, 0.3) is 0 Å². The summed E-state index contributed by atoms with van der Waals surface area (Å²) in [5, 5.41) is 3.55. The number of rotatable bonds is 4. The summed E-state index contributed by atoms with van der Waals surface area (Å²) in [6, 6.07) is 0. The van der Waals surface area contributed by atoms with Crippen LogP contribution in [0.4, 0.5) is 0 Å². The van der Waals surface area contributed by atoms with Crippen LogP contribution >= 0.6 is 0 Å². The fourth-order valence-corrected chi connectivity index (χ4v) is 3.32. The van der Waals surface area contributed by atoms with Crippen LogP contribution in [0.25, 0.3) is 0 Å². The van der Waals surface area contributed by atoms with Crippen LogP contribution in [-0.4, -0.2) is 23.1 Å². The predicted molar refractivity (Wildman–Crippen MR) is 78.2 cm³/mol. The van der Waals surface area contributed by atoms with Gasteiger partial charge in [0.1, 0.15) is 5.82 Å². The lowest BCUT2D eigenvalue weighted by atomic mass is 9.80. The maximum atomic E-state index is 5.41. The Balaban J connectivity index is 1.50. The molecule has 0 radical (unpaired) electrons. The Labute approximate surface area is 121 Å². The molecule has 2 heterocycles. The van der Waals surface area contributed by atoms with Crippen molar-refractivity contribution in [3.05, 3.63) is 23.3 Å². The van der Waals surface area contributed by atoms with Crippen LogP contribution in [0.2, 0.25) is 0 Å². The van der Waals surface area contributed by atoms with Crippen LogP contribution in [0.5, 0.6) is 0 Å². The Hall–Kier alpha value is -1.00. The molecule has 110 valence electrons. The van der Waals surface area contributed by atoms with Gasteiger partial charge in [0.05, 0.1) is 25.5 Å². The Morgan fingerprint density at radius 1 is 1.35 bits per heavy atom. The SMILES string of the molecule is CC1CCCCC1CNCc1ncc2c(n1)CCOC2. The third-order valence-corrected chi connectivity index (χ3v) is 4.72. The number of ether oxygens (including phenoxy) is 1. The van der Waals surface area contributed by atoms with Crippen LogP contribution in [-0.2, 0) is 24.3 Å². The van der Waals surface area contributed by atoms with Gasteiger partial charge in [-0.15, -0.1) is 0 Å². The Bertz CT molecular complexity index is 449. The van der Waals surface area contributed by atoms with E-state index in [-0.39, 0.29) is 0 Å². The highest BCUT2D eigenvalue weighted by Gasteiger charge is 2.20. The second-order valence-electron chi connectivity index (χ2n) is 6.21. The third-order valence-electron chi connectivity index (χ3n) is 4.72. The number of aromatic nitrogens is 2. The summed E-state index contributed by atoms with van der Waals surface area (Å²) in [5.41, 5.74) is 2.33. The van der Waals surface area contributed by atoms with Gasteiger partial charge in [-0.25, -0.2) is 9.97 Å². The van der Waals surface area contributed by atoms with Gasteiger partial charge < -0.3 is 10.1 Å². The van der Waals surface area contributed by atoms with Gasteiger partial charge in [0, 0.05) is 18.2 Å². The van der Waals surface area contributed by atoms with Gasteiger partial charge in [-0.2, -0.15) is 0 Å². The van der Waals surface area contributed by atoms with E-state index in [1.807, 2.05) is 6.20 Å². The predicted octanol–water partition coefficient (Wildman–Crippen LogP) is 2.47. The molecule has 1 fully saturated rings.